The lowest BCUT2D eigenvalue weighted by Crippen LogP contribution is -2.41. The molecule has 1 aromatic carbocycles. The van der Waals surface area contributed by atoms with E-state index in [0.717, 1.165) is 15.4 Å². The van der Waals surface area contributed by atoms with Gasteiger partial charge in [0.2, 0.25) is 8.32 Å². The molecule has 1 amide bonds. The monoisotopic (exact) mass is 495 g/mol. The van der Waals surface area contributed by atoms with Gasteiger partial charge in [-0.2, -0.15) is 0 Å². The molecule has 0 heterocycles. The van der Waals surface area contributed by atoms with Gasteiger partial charge in [0.15, 0.2) is 0 Å². The lowest BCUT2D eigenvalue weighted by Gasteiger charge is -2.35. The normalized spacial score (nSPS) is 13.1. The van der Waals surface area contributed by atoms with Gasteiger partial charge in [0, 0.05) is 6.54 Å². The Morgan fingerprint density at radius 2 is 1.64 bits per heavy atom. The highest BCUT2D eigenvalue weighted by Crippen LogP contribution is 2.36. The third-order valence-corrected chi connectivity index (χ3v) is 11.7. The standard InChI is InChI=1S/C25H41NO5SSi/c1-20(12-11-19-30-33(9,10)25(6,7)8)17-18-26(23(27)31-24(3,4)5)32(28,29)22-15-13-21(2)14-16-22/h11,13-16,19H,1,12,17-18H2,2-10H3/b19-11+. The molecule has 6 nitrogen and oxygen atoms in total. The van der Waals surface area contributed by atoms with Crippen LogP contribution in [0.2, 0.25) is 18.1 Å². The van der Waals surface area contributed by atoms with Crippen molar-refractivity contribution in [2.24, 2.45) is 0 Å². The van der Waals surface area contributed by atoms with Gasteiger partial charge < -0.3 is 9.16 Å². The van der Waals surface area contributed by atoms with Gasteiger partial charge >= 0.3 is 6.09 Å². The second-order valence-corrected chi connectivity index (χ2v) is 17.4. The molecule has 0 saturated carbocycles. The van der Waals surface area contributed by atoms with Crippen molar-refractivity contribution in [2.75, 3.05) is 6.54 Å². The van der Waals surface area contributed by atoms with Gasteiger partial charge in [-0.1, -0.05) is 50.6 Å². The molecule has 0 aliphatic heterocycles. The van der Waals surface area contributed by atoms with E-state index in [2.05, 4.69) is 40.4 Å². The van der Waals surface area contributed by atoms with Crippen LogP contribution in [0.1, 0.15) is 59.9 Å². The molecule has 0 saturated heterocycles. The van der Waals surface area contributed by atoms with Crippen molar-refractivity contribution in [3.8, 4) is 0 Å². The smallest absolute Gasteiger partial charge is 0.424 e. The summed E-state index contributed by atoms with van der Waals surface area (Å²) >= 11 is 0. The first-order valence-corrected chi connectivity index (χ1v) is 15.5. The Hall–Kier alpha value is -2.06. The Labute approximate surface area is 201 Å². The maximum atomic E-state index is 13.2. The van der Waals surface area contributed by atoms with Crippen molar-refractivity contribution >= 4 is 24.4 Å². The highest BCUT2D eigenvalue weighted by Gasteiger charge is 2.38. The zero-order valence-electron chi connectivity index (χ0n) is 21.7. The summed E-state index contributed by atoms with van der Waals surface area (Å²) < 4.78 is 38.6. The quantitative estimate of drug-likeness (QED) is 0.214. The molecule has 186 valence electrons. The number of ether oxygens (including phenoxy) is 1. The number of carbonyl (C=O) groups excluding carboxylic acids is 1. The number of rotatable bonds is 9. The van der Waals surface area contributed by atoms with Crippen LogP contribution in [-0.2, 0) is 19.2 Å². The summed E-state index contributed by atoms with van der Waals surface area (Å²) in [6, 6.07) is 6.40. The van der Waals surface area contributed by atoms with Crippen LogP contribution in [0.3, 0.4) is 0 Å². The van der Waals surface area contributed by atoms with E-state index >= 15 is 0 Å². The number of aryl methyl sites for hydroxylation is 1. The van der Waals surface area contributed by atoms with Crippen LogP contribution >= 0.6 is 0 Å². The molecule has 0 aliphatic rings. The maximum Gasteiger partial charge on any atom is 0.424 e. The van der Waals surface area contributed by atoms with E-state index in [1.54, 1.807) is 39.2 Å². The van der Waals surface area contributed by atoms with E-state index in [1.165, 1.54) is 12.1 Å². The van der Waals surface area contributed by atoms with Crippen molar-refractivity contribution in [3.63, 3.8) is 0 Å². The molecule has 1 rings (SSSR count). The topological polar surface area (TPSA) is 72.9 Å². The average Bonchev–Trinajstić information content (AvgIpc) is 2.63. The molecule has 0 bridgehead atoms. The summed E-state index contributed by atoms with van der Waals surface area (Å²) in [7, 11) is -5.95. The van der Waals surface area contributed by atoms with Gasteiger partial charge in [-0.3, -0.25) is 0 Å². The lowest BCUT2D eigenvalue weighted by molar-refractivity contribution is 0.0392. The number of hydrogen-bond acceptors (Lipinski definition) is 5. The molecule has 0 fully saturated rings. The lowest BCUT2D eigenvalue weighted by atomic mass is 10.1. The van der Waals surface area contributed by atoms with Crippen LogP contribution in [0.5, 0.6) is 0 Å². The fourth-order valence-corrected chi connectivity index (χ4v) is 4.52. The minimum Gasteiger partial charge on any atom is -0.549 e. The third-order valence-electron chi connectivity index (χ3n) is 5.55. The van der Waals surface area contributed by atoms with Crippen molar-refractivity contribution in [1.82, 2.24) is 4.31 Å². The summed E-state index contributed by atoms with van der Waals surface area (Å²) in [5.74, 6) is 0. The van der Waals surface area contributed by atoms with Crippen LogP contribution in [0.25, 0.3) is 0 Å². The van der Waals surface area contributed by atoms with Gasteiger partial charge in [-0.05, 0) is 76.9 Å². The summed E-state index contributed by atoms with van der Waals surface area (Å²) in [6.45, 7) is 21.8. The van der Waals surface area contributed by atoms with E-state index in [9.17, 15) is 13.2 Å². The van der Waals surface area contributed by atoms with Crippen molar-refractivity contribution in [3.05, 3.63) is 54.3 Å². The average molecular weight is 496 g/mol. The molecule has 1 aromatic rings. The number of allylic oxidation sites excluding steroid dienone is 1. The minimum absolute atomic E-state index is 0.0484. The van der Waals surface area contributed by atoms with E-state index in [1.807, 2.05) is 13.0 Å². The Morgan fingerprint density at radius 3 is 2.12 bits per heavy atom. The van der Waals surface area contributed by atoms with Gasteiger partial charge in [-0.25, -0.2) is 17.5 Å². The molecule has 33 heavy (non-hydrogen) atoms. The zero-order chi connectivity index (χ0) is 25.7. The number of benzene rings is 1. The van der Waals surface area contributed by atoms with E-state index in [-0.39, 0.29) is 16.5 Å². The summed E-state index contributed by atoms with van der Waals surface area (Å²) in [4.78, 5) is 12.8. The van der Waals surface area contributed by atoms with E-state index < -0.39 is 30.0 Å². The number of sulfonamides is 1. The molecule has 0 unspecified atom stereocenters. The Kier molecular flexibility index (Phi) is 9.58. The Balaban J connectivity index is 2.92. The summed E-state index contributed by atoms with van der Waals surface area (Å²) in [6.07, 6.45) is 3.55. The van der Waals surface area contributed by atoms with Crippen molar-refractivity contribution in [2.45, 2.75) is 89.9 Å². The highest BCUT2D eigenvalue weighted by molar-refractivity contribution is 7.89. The number of hydrogen-bond donors (Lipinski definition) is 0. The van der Waals surface area contributed by atoms with Crippen LogP contribution in [0.4, 0.5) is 4.79 Å². The van der Waals surface area contributed by atoms with Gasteiger partial charge in [-0.15, -0.1) is 0 Å². The van der Waals surface area contributed by atoms with Gasteiger partial charge in [0.05, 0.1) is 11.2 Å². The number of amides is 1. The predicted molar refractivity (Wildman–Crippen MR) is 137 cm³/mol. The molecule has 0 N–H and O–H groups in total. The SMILES string of the molecule is C=C(C/C=C/O[Si](C)(C)C(C)(C)C)CCN(C(=O)OC(C)(C)C)S(=O)(=O)c1ccc(C)cc1. The fraction of sp³-hybridized carbons (Fsp3) is 0.560. The molecule has 8 heteroatoms. The van der Waals surface area contributed by atoms with Gasteiger partial charge in [0.25, 0.3) is 10.0 Å². The van der Waals surface area contributed by atoms with Crippen LogP contribution in [0, 0.1) is 6.92 Å². The Morgan fingerprint density at radius 1 is 1.09 bits per heavy atom. The summed E-state index contributed by atoms with van der Waals surface area (Å²) in [5, 5.41) is 0.104. The van der Waals surface area contributed by atoms with E-state index in [4.69, 9.17) is 9.16 Å². The molecular formula is C25H41NO5SSi. The van der Waals surface area contributed by atoms with E-state index in [0.29, 0.717) is 12.8 Å². The van der Waals surface area contributed by atoms with Crippen molar-refractivity contribution < 1.29 is 22.4 Å². The maximum absolute atomic E-state index is 13.2. The molecule has 0 spiro atoms. The minimum atomic E-state index is -4.07. The van der Waals surface area contributed by atoms with Crippen LogP contribution in [-0.4, -0.2) is 39.3 Å². The fourth-order valence-electron chi connectivity index (χ4n) is 2.43. The summed E-state index contributed by atoms with van der Waals surface area (Å²) in [5.41, 5.74) is 0.898. The van der Waals surface area contributed by atoms with Gasteiger partial charge in [0.1, 0.15) is 5.60 Å². The first-order valence-electron chi connectivity index (χ1n) is 11.2. The molecule has 0 radical (unpaired) electrons. The number of carbonyl (C=O) groups is 1. The largest absolute Gasteiger partial charge is 0.549 e. The highest BCUT2D eigenvalue weighted by atomic mass is 32.2. The third kappa shape index (κ3) is 9.01. The zero-order valence-corrected chi connectivity index (χ0v) is 23.5. The molecular weight excluding hydrogens is 454 g/mol. The Bertz CT molecular complexity index is 952. The number of nitrogens with zero attached hydrogens (tertiary/aromatic N) is 1. The second kappa shape index (κ2) is 10.9. The first kappa shape index (κ1) is 29.0. The van der Waals surface area contributed by atoms with Crippen molar-refractivity contribution in [1.29, 1.82) is 0 Å². The molecule has 0 aromatic heterocycles. The second-order valence-electron chi connectivity index (χ2n) is 10.8. The first-order chi connectivity index (χ1) is 14.9. The molecule has 0 aliphatic carbocycles. The molecule has 0 atom stereocenters. The van der Waals surface area contributed by atoms with Crippen LogP contribution in [0.15, 0.2) is 53.7 Å². The predicted octanol–water partition coefficient (Wildman–Crippen LogP) is 6.79. The van der Waals surface area contributed by atoms with Crippen LogP contribution < -0.4 is 0 Å².